The van der Waals surface area contributed by atoms with Crippen molar-refractivity contribution in [1.82, 2.24) is 9.78 Å². The van der Waals surface area contributed by atoms with Crippen LogP contribution in [0.5, 0.6) is 0 Å². The van der Waals surface area contributed by atoms with Gasteiger partial charge in [0.1, 0.15) is 5.82 Å². The van der Waals surface area contributed by atoms with Gasteiger partial charge in [-0.05, 0) is 13.8 Å². The second-order valence-corrected chi connectivity index (χ2v) is 3.65. The molecule has 0 aliphatic carbocycles. The van der Waals surface area contributed by atoms with Crippen LogP contribution < -0.4 is 10.6 Å². The molecule has 0 saturated heterocycles. The molecule has 6 nitrogen and oxygen atoms in total. The Morgan fingerprint density at radius 3 is 2.69 bits per heavy atom. The van der Waals surface area contributed by atoms with Gasteiger partial charge in [0.05, 0.1) is 18.8 Å². The zero-order chi connectivity index (χ0) is 12.3. The van der Waals surface area contributed by atoms with Crippen LogP contribution in [-0.4, -0.2) is 33.9 Å². The molecule has 6 heteroatoms. The van der Waals surface area contributed by atoms with E-state index in [1.807, 2.05) is 13.8 Å². The number of carbonyl (C=O) groups is 1. The van der Waals surface area contributed by atoms with Crippen molar-refractivity contribution in [3.05, 3.63) is 11.3 Å². The van der Waals surface area contributed by atoms with E-state index in [2.05, 4.69) is 5.10 Å². The molecular formula is C10H18N4O2. The van der Waals surface area contributed by atoms with Gasteiger partial charge < -0.3 is 15.7 Å². The minimum absolute atomic E-state index is 0.0930. The van der Waals surface area contributed by atoms with Gasteiger partial charge in [-0.2, -0.15) is 5.10 Å². The maximum Gasteiger partial charge on any atom is 0.236 e. The maximum atomic E-state index is 10.9. The van der Waals surface area contributed by atoms with Crippen LogP contribution in [-0.2, 0) is 18.4 Å². The Morgan fingerprint density at radius 2 is 2.25 bits per heavy atom. The van der Waals surface area contributed by atoms with E-state index in [-0.39, 0.29) is 13.2 Å². The molecule has 0 atom stereocenters. The third kappa shape index (κ3) is 2.33. The third-order valence-corrected chi connectivity index (χ3v) is 2.50. The van der Waals surface area contributed by atoms with Gasteiger partial charge in [-0.15, -0.1) is 0 Å². The van der Waals surface area contributed by atoms with Crippen LogP contribution in [0.3, 0.4) is 0 Å². The zero-order valence-corrected chi connectivity index (χ0v) is 9.90. The van der Waals surface area contributed by atoms with Gasteiger partial charge in [0.2, 0.25) is 5.91 Å². The van der Waals surface area contributed by atoms with Gasteiger partial charge in [-0.1, -0.05) is 0 Å². The number of nitrogens with two attached hydrogens (primary N) is 1. The Labute approximate surface area is 94.6 Å². The van der Waals surface area contributed by atoms with Crippen molar-refractivity contribution < 1.29 is 9.90 Å². The molecule has 16 heavy (non-hydrogen) atoms. The lowest BCUT2D eigenvalue weighted by Crippen LogP contribution is -2.35. The number of amides is 1. The molecule has 0 spiro atoms. The van der Waals surface area contributed by atoms with Gasteiger partial charge in [0, 0.05) is 19.2 Å². The molecule has 1 heterocycles. The number of carbonyl (C=O) groups excluding carboxylic acids is 1. The summed E-state index contributed by atoms with van der Waals surface area (Å²) < 4.78 is 1.66. The van der Waals surface area contributed by atoms with Crippen molar-refractivity contribution in [2.75, 3.05) is 18.0 Å². The first-order valence-electron chi connectivity index (χ1n) is 5.17. The fraction of sp³-hybridized carbons (Fsp3) is 0.600. The molecule has 90 valence electrons. The predicted octanol–water partition coefficient (Wildman–Crippen LogP) is -0.468. The first-order valence-corrected chi connectivity index (χ1v) is 5.17. The monoisotopic (exact) mass is 226 g/mol. The number of aromatic nitrogens is 2. The molecule has 0 unspecified atom stereocenters. The number of anilines is 1. The Hall–Kier alpha value is -1.56. The van der Waals surface area contributed by atoms with Crippen LogP contribution in [0.15, 0.2) is 0 Å². The Balaban J connectivity index is 3.12. The number of aryl methyl sites for hydroxylation is 2. The van der Waals surface area contributed by atoms with Crippen molar-refractivity contribution in [1.29, 1.82) is 0 Å². The van der Waals surface area contributed by atoms with Crippen LogP contribution in [0.1, 0.15) is 18.2 Å². The van der Waals surface area contributed by atoms with Gasteiger partial charge in [0.25, 0.3) is 0 Å². The van der Waals surface area contributed by atoms with Gasteiger partial charge in [0.15, 0.2) is 0 Å². The number of aliphatic hydroxyl groups is 1. The summed E-state index contributed by atoms with van der Waals surface area (Å²) in [5.41, 5.74) is 6.69. The number of hydrogen-bond donors (Lipinski definition) is 2. The molecule has 0 aromatic carbocycles. The highest BCUT2D eigenvalue weighted by Gasteiger charge is 2.18. The van der Waals surface area contributed by atoms with E-state index in [1.54, 1.807) is 16.6 Å². The highest BCUT2D eigenvalue weighted by Crippen LogP contribution is 2.22. The Bertz CT molecular complexity index is 386. The number of rotatable bonds is 5. The van der Waals surface area contributed by atoms with Crippen LogP contribution in [0.4, 0.5) is 5.82 Å². The van der Waals surface area contributed by atoms with Gasteiger partial charge in [-0.25, -0.2) is 0 Å². The predicted molar refractivity (Wildman–Crippen MR) is 60.9 cm³/mol. The smallest absolute Gasteiger partial charge is 0.236 e. The fourth-order valence-electron chi connectivity index (χ4n) is 1.80. The molecular weight excluding hydrogens is 208 g/mol. The van der Waals surface area contributed by atoms with Crippen molar-refractivity contribution in [2.24, 2.45) is 12.8 Å². The summed E-state index contributed by atoms with van der Waals surface area (Å²) in [4.78, 5) is 12.7. The van der Waals surface area contributed by atoms with E-state index < -0.39 is 5.91 Å². The number of nitrogens with zero attached hydrogens (tertiary/aromatic N) is 3. The fourth-order valence-corrected chi connectivity index (χ4v) is 1.80. The topological polar surface area (TPSA) is 84.4 Å². The molecule has 0 aliphatic heterocycles. The van der Waals surface area contributed by atoms with E-state index in [1.165, 1.54) is 0 Å². The normalized spacial score (nSPS) is 10.5. The summed E-state index contributed by atoms with van der Waals surface area (Å²) >= 11 is 0. The summed E-state index contributed by atoms with van der Waals surface area (Å²) in [5.74, 6) is 0.353. The lowest BCUT2D eigenvalue weighted by Gasteiger charge is -2.22. The van der Waals surface area contributed by atoms with Crippen molar-refractivity contribution in [3.8, 4) is 0 Å². The quantitative estimate of drug-likeness (QED) is 0.711. The highest BCUT2D eigenvalue weighted by molar-refractivity contribution is 5.79. The van der Waals surface area contributed by atoms with E-state index in [4.69, 9.17) is 5.73 Å². The SMILES string of the molecule is CCN(CC(N)=O)c1c(CO)c(C)nn1C. The summed E-state index contributed by atoms with van der Waals surface area (Å²) in [7, 11) is 1.78. The molecule has 0 bridgehead atoms. The summed E-state index contributed by atoms with van der Waals surface area (Å²) in [6.45, 7) is 4.42. The molecule has 1 rings (SSSR count). The molecule has 0 radical (unpaired) electrons. The molecule has 0 aliphatic rings. The number of hydrogen-bond acceptors (Lipinski definition) is 4. The lowest BCUT2D eigenvalue weighted by atomic mass is 10.2. The Kier molecular flexibility index (Phi) is 3.89. The Morgan fingerprint density at radius 1 is 1.62 bits per heavy atom. The van der Waals surface area contributed by atoms with E-state index in [9.17, 15) is 9.90 Å². The van der Waals surface area contributed by atoms with Crippen LogP contribution in [0.25, 0.3) is 0 Å². The summed E-state index contributed by atoms with van der Waals surface area (Å²) in [5, 5.41) is 13.5. The number of primary amides is 1. The first kappa shape index (κ1) is 12.5. The molecule has 1 aromatic heterocycles. The molecule has 1 amide bonds. The summed E-state index contributed by atoms with van der Waals surface area (Å²) in [6, 6.07) is 0. The van der Waals surface area contributed by atoms with E-state index in [0.717, 1.165) is 17.1 Å². The van der Waals surface area contributed by atoms with Crippen molar-refractivity contribution in [3.63, 3.8) is 0 Å². The number of aliphatic hydroxyl groups excluding tert-OH is 1. The minimum atomic E-state index is -0.399. The van der Waals surface area contributed by atoms with Crippen molar-refractivity contribution in [2.45, 2.75) is 20.5 Å². The average molecular weight is 226 g/mol. The van der Waals surface area contributed by atoms with Gasteiger partial charge >= 0.3 is 0 Å². The first-order chi connectivity index (χ1) is 7.51. The van der Waals surface area contributed by atoms with Crippen LogP contribution >= 0.6 is 0 Å². The molecule has 3 N–H and O–H groups in total. The second kappa shape index (κ2) is 4.98. The molecule has 1 aromatic rings. The van der Waals surface area contributed by atoms with E-state index >= 15 is 0 Å². The largest absolute Gasteiger partial charge is 0.391 e. The molecule has 0 saturated carbocycles. The highest BCUT2D eigenvalue weighted by atomic mass is 16.3. The third-order valence-electron chi connectivity index (χ3n) is 2.50. The second-order valence-electron chi connectivity index (χ2n) is 3.65. The maximum absolute atomic E-state index is 10.9. The molecule has 0 fully saturated rings. The van der Waals surface area contributed by atoms with Crippen molar-refractivity contribution >= 4 is 11.7 Å². The average Bonchev–Trinajstić information content (AvgIpc) is 2.49. The van der Waals surface area contributed by atoms with Crippen LogP contribution in [0, 0.1) is 6.92 Å². The van der Waals surface area contributed by atoms with Crippen LogP contribution in [0.2, 0.25) is 0 Å². The van der Waals surface area contributed by atoms with Gasteiger partial charge in [-0.3, -0.25) is 9.48 Å². The lowest BCUT2D eigenvalue weighted by molar-refractivity contribution is -0.116. The number of likely N-dealkylation sites (N-methyl/N-ethyl adjacent to an activating group) is 1. The van der Waals surface area contributed by atoms with E-state index in [0.29, 0.717) is 6.54 Å². The standard InChI is InChI=1S/C10H18N4O2/c1-4-14(5-9(11)16)10-8(6-15)7(2)12-13(10)3/h15H,4-6H2,1-3H3,(H2,11,16). The zero-order valence-electron chi connectivity index (χ0n) is 9.90. The minimum Gasteiger partial charge on any atom is -0.391 e. The summed E-state index contributed by atoms with van der Waals surface area (Å²) in [6.07, 6.45) is 0.